The molecule has 5 heteroatoms. The molecule has 98 valence electrons. The minimum Gasteiger partial charge on any atom is -0.338 e. The number of rotatable bonds is 3. The van der Waals surface area contributed by atoms with Crippen molar-refractivity contribution >= 4 is 33.4 Å². The van der Waals surface area contributed by atoms with Gasteiger partial charge in [-0.05, 0) is 44.1 Å². The Bertz CT molecular complexity index is 453. The summed E-state index contributed by atoms with van der Waals surface area (Å²) in [5.74, 6) is 0.583. The molecule has 2 rings (SSSR count). The Labute approximate surface area is 121 Å². The number of likely N-dealkylation sites (tertiary alicyclic amines) is 1. The third-order valence-corrected chi connectivity index (χ3v) is 4.03. The highest BCUT2D eigenvalue weighted by Gasteiger charge is 2.27. The summed E-state index contributed by atoms with van der Waals surface area (Å²) in [5.41, 5.74) is 0.588. The molecule has 1 aliphatic heterocycles. The van der Waals surface area contributed by atoms with Crippen LogP contribution in [0.3, 0.4) is 0 Å². The molecule has 1 N–H and O–H groups in total. The van der Waals surface area contributed by atoms with Gasteiger partial charge in [-0.25, -0.2) is 0 Å². The Morgan fingerprint density at radius 3 is 3.06 bits per heavy atom. The molecule has 0 aliphatic carbocycles. The highest BCUT2D eigenvalue weighted by Crippen LogP contribution is 2.25. The summed E-state index contributed by atoms with van der Waals surface area (Å²) in [6.07, 6.45) is 1.06. The van der Waals surface area contributed by atoms with Gasteiger partial charge in [0.05, 0.1) is 10.6 Å². The number of carbonyl (C=O) groups is 1. The van der Waals surface area contributed by atoms with E-state index >= 15 is 0 Å². The van der Waals surface area contributed by atoms with Gasteiger partial charge < -0.3 is 10.2 Å². The van der Waals surface area contributed by atoms with E-state index in [4.69, 9.17) is 11.6 Å². The fourth-order valence-electron chi connectivity index (χ4n) is 2.31. The van der Waals surface area contributed by atoms with Crippen LogP contribution in [0.1, 0.15) is 16.8 Å². The lowest BCUT2D eigenvalue weighted by molar-refractivity contribution is 0.0787. The lowest BCUT2D eigenvalue weighted by Crippen LogP contribution is -2.30. The molecule has 1 atom stereocenters. The van der Waals surface area contributed by atoms with Crippen molar-refractivity contribution in [3.63, 3.8) is 0 Å². The van der Waals surface area contributed by atoms with Gasteiger partial charge in [0, 0.05) is 17.6 Å². The predicted molar refractivity (Wildman–Crippen MR) is 77.1 cm³/mol. The molecule has 1 aromatic rings. The molecule has 1 aliphatic rings. The second-order valence-corrected chi connectivity index (χ2v) is 5.91. The van der Waals surface area contributed by atoms with Crippen LogP contribution in [0.4, 0.5) is 0 Å². The zero-order valence-corrected chi connectivity index (χ0v) is 12.6. The van der Waals surface area contributed by atoms with Crippen LogP contribution in [0.15, 0.2) is 22.7 Å². The summed E-state index contributed by atoms with van der Waals surface area (Å²) in [4.78, 5) is 14.2. The summed E-state index contributed by atoms with van der Waals surface area (Å²) in [6.45, 7) is 2.58. The molecular weight excluding hydrogens is 316 g/mol. The molecule has 1 fully saturated rings. The zero-order valence-electron chi connectivity index (χ0n) is 10.2. The van der Waals surface area contributed by atoms with Crippen molar-refractivity contribution in [1.29, 1.82) is 0 Å². The fraction of sp³-hybridized carbons (Fsp3) is 0.462. The van der Waals surface area contributed by atoms with E-state index < -0.39 is 0 Å². The van der Waals surface area contributed by atoms with E-state index in [1.807, 2.05) is 18.0 Å². The van der Waals surface area contributed by atoms with E-state index in [2.05, 4.69) is 21.2 Å². The largest absolute Gasteiger partial charge is 0.338 e. The summed E-state index contributed by atoms with van der Waals surface area (Å²) in [5, 5.41) is 3.66. The Kier molecular flexibility index (Phi) is 4.65. The van der Waals surface area contributed by atoms with Gasteiger partial charge in [0.15, 0.2) is 0 Å². The van der Waals surface area contributed by atoms with E-state index in [9.17, 15) is 4.79 Å². The van der Waals surface area contributed by atoms with Gasteiger partial charge in [0.2, 0.25) is 0 Å². The number of nitrogens with zero attached hydrogens (tertiary/aromatic N) is 1. The molecule has 0 unspecified atom stereocenters. The third kappa shape index (κ3) is 3.05. The van der Waals surface area contributed by atoms with Gasteiger partial charge in [-0.1, -0.05) is 27.5 Å². The summed E-state index contributed by atoms with van der Waals surface area (Å²) in [6, 6.07) is 5.39. The maximum Gasteiger partial charge on any atom is 0.255 e. The SMILES string of the molecule is CNC[C@@H]1CCN(C(=O)c2ccc(Br)cc2Cl)C1. The Morgan fingerprint density at radius 1 is 1.61 bits per heavy atom. The summed E-state index contributed by atoms with van der Waals surface area (Å²) in [7, 11) is 1.94. The second kappa shape index (κ2) is 6.04. The van der Waals surface area contributed by atoms with Crippen LogP contribution in [0.2, 0.25) is 5.02 Å². The minimum absolute atomic E-state index is 0.0334. The molecule has 1 aromatic carbocycles. The zero-order chi connectivity index (χ0) is 13.1. The molecule has 0 aromatic heterocycles. The van der Waals surface area contributed by atoms with Crippen LogP contribution in [0, 0.1) is 5.92 Å². The molecule has 0 bridgehead atoms. The van der Waals surface area contributed by atoms with E-state index in [1.165, 1.54) is 0 Å². The fourth-order valence-corrected chi connectivity index (χ4v) is 3.06. The normalized spacial score (nSPS) is 19.3. The summed E-state index contributed by atoms with van der Waals surface area (Å²) < 4.78 is 0.888. The first-order chi connectivity index (χ1) is 8.61. The third-order valence-electron chi connectivity index (χ3n) is 3.23. The molecule has 1 amide bonds. The van der Waals surface area contributed by atoms with Crippen LogP contribution in [-0.2, 0) is 0 Å². The van der Waals surface area contributed by atoms with Gasteiger partial charge >= 0.3 is 0 Å². The number of benzene rings is 1. The average Bonchev–Trinajstić information content (AvgIpc) is 2.77. The van der Waals surface area contributed by atoms with E-state index in [-0.39, 0.29) is 5.91 Å². The van der Waals surface area contributed by atoms with Crippen molar-refractivity contribution in [2.75, 3.05) is 26.7 Å². The standard InChI is InChI=1S/C13H16BrClN2O/c1-16-7-9-4-5-17(8-9)13(18)11-3-2-10(14)6-12(11)15/h2-3,6,9,16H,4-5,7-8H2,1H3/t9-/m0/s1. The molecule has 0 radical (unpaired) electrons. The van der Waals surface area contributed by atoms with Crippen LogP contribution < -0.4 is 5.32 Å². The number of halogens is 2. The Morgan fingerprint density at radius 2 is 2.39 bits per heavy atom. The molecule has 3 nitrogen and oxygen atoms in total. The second-order valence-electron chi connectivity index (χ2n) is 4.59. The first-order valence-electron chi connectivity index (χ1n) is 6.00. The van der Waals surface area contributed by atoms with Gasteiger partial charge in [-0.2, -0.15) is 0 Å². The van der Waals surface area contributed by atoms with Crippen molar-refractivity contribution in [1.82, 2.24) is 10.2 Å². The van der Waals surface area contributed by atoms with Crippen LogP contribution in [0.25, 0.3) is 0 Å². The maximum atomic E-state index is 12.3. The number of hydrogen-bond donors (Lipinski definition) is 1. The van der Waals surface area contributed by atoms with E-state index in [0.717, 1.165) is 30.5 Å². The quantitative estimate of drug-likeness (QED) is 0.924. The number of carbonyl (C=O) groups excluding carboxylic acids is 1. The highest BCUT2D eigenvalue weighted by atomic mass is 79.9. The van der Waals surface area contributed by atoms with Gasteiger partial charge in [-0.3, -0.25) is 4.79 Å². The number of hydrogen-bond acceptors (Lipinski definition) is 2. The first-order valence-corrected chi connectivity index (χ1v) is 7.18. The van der Waals surface area contributed by atoms with Crippen molar-refractivity contribution in [3.05, 3.63) is 33.3 Å². The smallest absolute Gasteiger partial charge is 0.255 e. The molecule has 0 saturated carbocycles. The number of amides is 1. The Balaban J connectivity index is 2.08. The first kappa shape index (κ1) is 13.8. The predicted octanol–water partition coefficient (Wildman–Crippen LogP) is 2.78. The Hall–Kier alpha value is -0.580. The number of nitrogens with one attached hydrogen (secondary N) is 1. The summed E-state index contributed by atoms with van der Waals surface area (Å²) >= 11 is 9.45. The monoisotopic (exact) mass is 330 g/mol. The van der Waals surface area contributed by atoms with Crippen LogP contribution in [-0.4, -0.2) is 37.5 Å². The lowest BCUT2D eigenvalue weighted by atomic mass is 10.1. The lowest BCUT2D eigenvalue weighted by Gasteiger charge is -2.17. The molecular formula is C13H16BrClN2O. The van der Waals surface area contributed by atoms with Crippen molar-refractivity contribution in [2.45, 2.75) is 6.42 Å². The average molecular weight is 332 g/mol. The molecule has 1 heterocycles. The van der Waals surface area contributed by atoms with Crippen LogP contribution >= 0.6 is 27.5 Å². The highest BCUT2D eigenvalue weighted by molar-refractivity contribution is 9.10. The molecule has 18 heavy (non-hydrogen) atoms. The van der Waals surface area contributed by atoms with Gasteiger partial charge in [0.1, 0.15) is 0 Å². The van der Waals surface area contributed by atoms with Crippen LogP contribution in [0.5, 0.6) is 0 Å². The van der Waals surface area contributed by atoms with Gasteiger partial charge in [0.25, 0.3) is 5.91 Å². The van der Waals surface area contributed by atoms with Crippen molar-refractivity contribution in [3.8, 4) is 0 Å². The van der Waals surface area contributed by atoms with Crippen molar-refractivity contribution in [2.24, 2.45) is 5.92 Å². The molecule has 1 saturated heterocycles. The minimum atomic E-state index is 0.0334. The van der Waals surface area contributed by atoms with E-state index in [1.54, 1.807) is 12.1 Å². The van der Waals surface area contributed by atoms with Gasteiger partial charge in [-0.15, -0.1) is 0 Å². The topological polar surface area (TPSA) is 32.3 Å². The van der Waals surface area contributed by atoms with Crippen molar-refractivity contribution < 1.29 is 4.79 Å². The van der Waals surface area contributed by atoms with E-state index in [0.29, 0.717) is 16.5 Å². The molecule has 0 spiro atoms. The maximum absolute atomic E-state index is 12.3.